The average molecular weight is 453 g/mol. The van der Waals surface area contributed by atoms with Crippen LogP contribution in [0, 0.1) is 27.7 Å². The van der Waals surface area contributed by atoms with E-state index in [1.165, 1.54) is 55.3 Å². The molecule has 25 heavy (non-hydrogen) atoms. The zero-order valence-electron chi connectivity index (χ0n) is 15.6. The third-order valence-electron chi connectivity index (χ3n) is 3.34. The smallest absolute Gasteiger partial charge is 0.0635 e. The fourth-order valence-corrected chi connectivity index (χ4v) is 2.53. The Balaban J connectivity index is 0. The molecule has 0 saturated carbocycles. The normalized spacial score (nSPS) is 8.60. The van der Waals surface area contributed by atoms with Gasteiger partial charge in [-0.3, -0.25) is 0 Å². The van der Waals surface area contributed by atoms with Crippen molar-refractivity contribution in [3.63, 3.8) is 0 Å². The van der Waals surface area contributed by atoms with Crippen LogP contribution in [0.15, 0.2) is 66.7 Å². The van der Waals surface area contributed by atoms with Crippen molar-refractivity contribution in [1.82, 2.24) is 0 Å². The molecule has 0 aliphatic heterocycles. The SMILES string of the molecule is C[C](=[Zr+2])c1ccccc1.Cc1c[cH-]c(C)c1.Cc1c[cH-]c(C)c1.[Cl-].[Cl-]. The fourth-order valence-electron chi connectivity index (χ4n) is 2.12. The fraction of sp³-hybridized carbons (Fsp3) is 0.227. The summed E-state index contributed by atoms with van der Waals surface area (Å²) >= 11 is 1.51. The molecule has 3 rings (SSSR count). The van der Waals surface area contributed by atoms with Gasteiger partial charge in [-0.25, -0.2) is 23.3 Å². The Morgan fingerprint density at radius 3 is 1.32 bits per heavy atom. The largest absolute Gasteiger partial charge is 1.00 e. The molecule has 3 heteroatoms. The average Bonchev–Trinajstić information content (AvgIpc) is 3.08. The van der Waals surface area contributed by atoms with E-state index in [1.54, 1.807) is 0 Å². The van der Waals surface area contributed by atoms with E-state index in [9.17, 15) is 0 Å². The van der Waals surface area contributed by atoms with Crippen LogP contribution >= 0.6 is 0 Å². The van der Waals surface area contributed by atoms with Crippen LogP contribution in [-0.2, 0) is 24.2 Å². The van der Waals surface area contributed by atoms with Gasteiger partial charge in [0.05, 0.1) is 0 Å². The van der Waals surface area contributed by atoms with E-state index in [2.05, 4.69) is 95.3 Å². The Morgan fingerprint density at radius 2 is 1.16 bits per heavy atom. The molecule has 0 aromatic heterocycles. The summed E-state index contributed by atoms with van der Waals surface area (Å²) < 4.78 is 1.46. The van der Waals surface area contributed by atoms with Crippen LogP contribution < -0.4 is 24.8 Å². The number of hydrogen-bond donors (Lipinski definition) is 0. The summed E-state index contributed by atoms with van der Waals surface area (Å²) in [6, 6.07) is 23.3. The molecule has 0 nitrogen and oxygen atoms in total. The van der Waals surface area contributed by atoms with E-state index in [1.807, 2.05) is 6.07 Å². The second-order valence-electron chi connectivity index (χ2n) is 5.92. The van der Waals surface area contributed by atoms with Crippen molar-refractivity contribution in [3.8, 4) is 0 Å². The van der Waals surface area contributed by atoms with E-state index < -0.39 is 0 Å². The molecular weight excluding hydrogens is 426 g/mol. The summed E-state index contributed by atoms with van der Waals surface area (Å²) in [4.78, 5) is 0. The van der Waals surface area contributed by atoms with E-state index >= 15 is 0 Å². The maximum absolute atomic E-state index is 2.17. The van der Waals surface area contributed by atoms with Gasteiger partial charge in [0.15, 0.2) is 0 Å². The van der Waals surface area contributed by atoms with Crippen LogP contribution in [0.2, 0.25) is 0 Å². The predicted octanol–water partition coefficient (Wildman–Crippen LogP) is -0.174. The molecule has 0 unspecified atom stereocenters. The second-order valence-corrected chi connectivity index (χ2v) is 7.77. The van der Waals surface area contributed by atoms with Gasteiger partial charge >= 0.3 is 70.3 Å². The Bertz CT molecular complexity index is 637. The topological polar surface area (TPSA) is 0 Å². The molecule has 0 spiro atoms. The van der Waals surface area contributed by atoms with Gasteiger partial charge in [0.1, 0.15) is 0 Å². The second kappa shape index (κ2) is 14.4. The monoisotopic (exact) mass is 450 g/mol. The summed E-state index contributed by atoms with van der Waals surface area (Å²) in [7, 11) is 0. The van der Waals surface area contributed by atoms with Crippen molar-refractivity contribution >= 4 is 3.21 Å². The number of aryl methyl sites for hydroxylation is 4. The molecule has 0 radical (unpaired) electrons. The van der Waals surface area contributed by atoms with Crippen molar-refractivity contribution in [3.05, 3.63) is 94.5 Å². The van der Waals surface area contributed by atoms with E-state index in [0.717, 1.165) is 0 Å². The van der Waals surface area contributed by atoms with E-state index in [0.29, 0.717) is 0 Å². The molecule has 0 amide bonds. The minimum atomic E-state index is 0. The molecule has 0 heterocycles. The van der Waals surface area contributed by atoms with Crippen LogP contribution in [0.3, 0.4) is 0 Å². The Morgan fingerprint density at radius 1 is 0.760 bits per heavy atom. The van der Waals surface area contributed by atoms with Crippen LogP contribution in [0.4, 0.5) is 0 Å². The first kappa shape index (κ1) is 26.5. The van der Waals surface area contributed by atoms with Crippen molar-refractivity contribution < 1.29 is 49.0 Å². The number of halogens is 2. The van der Waals surface area contributed by atoms with Crippen LogP contribution in [0.1, 0.15) is 34.7 Å². The molecule has 0 aliphatic carbocycles. The maximum atomic E-state index is 2.17. The minimum Gasteiger partial charge on any atom is -1.00 e. The predicted molar refractivity (Wildman–Crippen MR) is 99.2 cm³/mol. The van der Waals surface area contributed by atoms with Crippen LogP contribution in [-0.4, -0.2) is 3.21 Å². The zero-order chi connectivity index (χ0) is 17.2. The molecular formula is C22H26Cl2Zr-2. The maximum Gasteiger partial charge on any atom is -0.0635 e. The molecule has 0 bridgehead atoms. The molecule has 3 aromatic rings. The number of rotatable bonds is 1. The van der Waals surface area contributed by atoms with E-state index in [4.69, 9.17) is 0 Å². The quantitative estimate of drug-likeness (QED) is 0.450. The summed E-state index contributed by atoms with van der Waals surface area (Å²) in [5, 5.41) is 0. The molecule has 3 aromatic carbocycles. The Hall–Kier alpha value is -0.747. The summed E-state index contributed by atoms with van der Waals surface area (Å²) in [5.41, 5.74) is 6.81. The summed E-state index contributed by atoms with van der Waals surface area (Å²) in [5.74, 6) is 0. The van der Waals surface area contributed by atoms with E-state index in [-0.39, 0.29) is 24.8 Å². The first-order valence-electron chi connectivity index (χ1n) is 7.89. The number of hydrogen-bond acceptors (Lipinski definition) is 0. The minimum absolute atomic E-state index is 0. The van der Waals surface area contributed by atoms with Crippen molar-refractivity contribution in [1.29, 1.82) is 0 Å². The Labute approximate surface area is 180 Å². The standard InChI is InChI=1S/C8H8.2C7H9.2ClH.Zr/c1-2-8-6-4-3-5-7-8;2*1-6-3-4-7(2)5-6;;;/h3-7H,1H3;2*3-5H,1-2H3;2*1H;/q;2*-1;;;+2/p-2. The van der Waals surface area contributed by atoms with Crippen LogP contribution in [0.5, 0.6) is 0 Å². The van der Waals surface area contributed by atoms with Gasteiger partial charge in [0, 0.05) is 0 Å². The van der Waals surface area contributed by atoms with Crippen molar-refractivity contribution in [2.75, 3.05) is 0 Å². The van der Waals surface area contributed by atoms with Gasteiger partial charge in [0.25, 0.3) is 0 Å². The first-order chi connectivity index (χ1) is 10.9. The van der Waals surface area contributed by atoms with Gasteiger partial charge < -0.3 is 24.8 Å². The summed E-state index contributed by atoms with van der Waals surface area (Å²) in [6.45, 7) is 10.6. The van der Waals surface area contributed by atoms with Gasteiger partial charge in [-0.1, -0.05) is 27.7 Å². The van der Waals surface area contributed by atoms with Crippen LogP contribution in [0.25, 0.3) is 0 Å². The van der Waals surface area contributed by atoms with Gasteiger partial charge in [-0.2, -0.15) is 35.4 Å². The molecule has 0 atom stereocenters. The third-order valence-corrected chi connectivity index (χ3v) is 4.05. The Kier molecular flexibility index (Phi) is 15.3. The summed E-state index contributed by atoms with van der Waals surface area (Å²) in [6.07, 6.45) is 0. The van der Waals surface area contributed by atoms with Crippen molar-refractivity contribution in [2.45, 2.75) is 34.6 Å². The van der Waals surface area contributed by atoms with Gasteiger partial charge in [-0.15, -0.1) is 0 Å². The molecule has 0 saturated heterocycles. The van der Waals surface area contributed by atoms with Crippen molar-refractivity contribution in [2.24, 2.45) is 0 Å². The number of benzene rings is 1. The molecule has 0 aliphatic rings. The molecule has 0 N–H and O–H groups in total. The zero-order valence-corrected chi connectivity index (χ0v) is 19.6. The van der Waals surface area contributed by atoms with Gasteiger partial charge in [-0.05, 0) is 0 Å². The molecule has 134 valence electrons. The van der Waals surface area contributed by atoms with Gasteiger partial charge in [0.2, 0.25) is 0 Å². The third kappa shape index (κ3) is 12.3. The molecule has 0 fully saturated rings. The first-order valence-corrected chi connectivity index (χ1v) is 9.12.